The van der Waals surface area contributed by atoms with Gasteiger partial charge >= 0.3 is 17.9 Å². The molecule has 0 radical (unpaired) electrons. The van der Waals surface area contributed by atoms with Gasteiger partial charge in [0.2, 0.25) is 0 Å². The van der Waals surface area contributed by atoms with Crippen LogP contribution in [0, 0.1) is 28.6 Å². The Kier molecular flexibility index (Phi) is 6.19. The largest absolute Gasteiger partial charge is 0.472 e. The van der Waals surface area contributed by atoms with E-state index in [0.29, 0.717) is 5.56 Å². The molecule has 3 aliphatic heterocycles. The normalized spacial score (nSPS) is 45.2. The summed E-state index contributed by atoms with van der Waals surface area (Å²) >= 11 is 0. The number of esters is 3. The first kappa shape index (κ1) is 28.2. The summed E-state index contributed by atoms with van der Waals surface area (Å²) in [5, 5.41) is 12.6. The first-order valence-electron chi connectivity index (χ1n) is 14.4. The first-order chi connectivity index (χ1) is 19.2. The van der Waals surface area contributed by atoms with E-state index < -0.39 is 81.8 Å². The fraction of sp³-hybridized carbons (Fsp3) is 0.677. The van der Waals surface area contributed by atoms with Gasteiger partial charge in [-0.05, 0) is 30.0 Å². The number of Topliss-reactive ketones (excluding diaryl/α,β-unsaturated/α-hetero) is 1. The number of ether oxygens (including phenoxy) is 4. The Morgan fingerprint density at radius 1 is 1.15 bits per heavy atom. The van der Waals surface area contributed by atoms with Crippen molar-refractivity contribution in [1.29, 1.82) is 0 Å². The van der Waals surface area contributed by atoms with E-state index in [0.717, 1.165) is 0 Å². The van der Waals surface area contributed by atoms with Gasteiger partial charge in [0.25, 0.3) is 0 Å². The molecule has 6 rings (SSSR count). The number of carbonyl (C=O) groups excluding carboxylic acids is 4. The summed E-state index contributed by atoms with van der Waals surface area (Å²) in [4.78, 5) is 53.0. The summed E-state index contributed by atoms with van der Waals surface area (Å²) in [6, 6.07) is 1.74. The van der Waals surface area contributed by atoms with Gasteiger partial charge in [0.15, 0.2) is 11.4 Å². The van der Waals surface area contributed by atoms with Gasteiger partial charge in [0.05, 0.1) is 36.9 Å². The standard InChI is InChI=1S/C31H38O10/c1-15(2)9-23(34)40-27-26-25(16(3)31(36)20(32)10-18(30(27,31)6)17-7-8-37-13-17)29(5)19-11-22(33)38-14-28(19,4)41-24(35)12-21(29)39-26/h7-8,13,15,18-19,21,25-27,36H,3,9-12,14H2,1-2,4-6H3. The number of cyclic esters (lactones) is 1. The number of ketones is 1. The van der Waals surface area contributed by atoms with E-state index in [-0.39, 0.29) is 43.8 Å². The maximum Gasteiger partial charge on any atom is 0.309 e. The molecular weight excluding hydrogens is 532 g/mol. The molecule has 1 aromatic heterocycles. The first-order valence-corrected chi connectivity index (χ1v) is 14.4. The number of fused-ring (bicyclic) bond motifs is 6. The molecule has 10 nitrogen and oxygen atoms in total. The lowest BCUT2D eigenvalue weighted by Gasteiger charge is -2.58. The lowest BCUT2D eigenvalue weighted by molar-refractivity contribution is -0.211. The van der Waals surface area contributed by atoms with Gasteiger partial charge < -0.3 is 28.5 Å². The van der Waals surface area contributed by atoms with Crippen LogP contribution in [0.5, 0.6) is 0 Å². The van der Waals surface area contributed by atoms with Crippen molar-refractivity contribution in [3.8, 4) is 0 Å². The van der Waals surface area contributed by atoms with Crippen LogP contribution in [-0.4, -0.2) is 64.9 Å². The van der Waals surface area contributed by atoms with Crippen LogP contribution < -0.4 is 0 Å². The summed E-state index contributed by atoms with van der Waals surface area (Å²) in [6.45, 7) is 13.4. The van der Waals surface area contributed by atoms with Gasteiger partial charge in [-0.2, -0.15) is 0 Å². The van der Waals surface area contributed by atoms with Crippen molar-refractivity contribution in [3.63, 3.8) is 0 Å². The Morgan fingerprint density at radius 3 is 2.54 bits per heavy atom. The van der Waals surface area contributed by atoms with Crippen molar-refractivity contribution in [2.45, 2.75) is 95.7 Å². The van der Waals surface area contributed by atoms with Crippen LogP contribution in [0.2, 0.25) is 0 Å². The van der Waals surface area contributed by atoms with Crippen LogP contribution >= 0.6 is 0 Å². The molecule has 10 atom stereocenters. The van der Waals surface area contributed by atoms with Crippen LogP contribution in [-0.2, 0) is 38.1 Å². The van der Waals surface area contributed by atoms with Gasteiger partial charge in [-0.15, -0.1) is 0 Å². The third-order valence-electron chi connectivity index (χ3n) is 10.9. The molecule has 222 valence electrons. The van der Waals surface area contributed by atoms with E-state index >= 15 is 0 Å². The minimum Gasteiger partial charge on any atom is -0.472 e. The second kappa shape index (κ2) is 9.01. The Labute approximate surface area is 238 Å². The summed E-state index contributed by atoms with van der Waals surface area (Å²) in [5.41, 5.74) is -4.64. The van der Waals surface area contributed by atoms with Gasteiger partial charge in [-0.3, -0.25) is 19.2 Å². The lowest BCUT2D eigenvalue weighted by Crippen LogP contribution is -2.68. The summed E-state index contributed by atoms with van der Waals surface area (Å²) in [7, 11) is 0. The quantitative estimate of drug-likeness (QED) is 0.326. The topological polar surface area (TPSA) is 139 Å². The van der Waals surface area contributed by atoms with Crippen LogP contribution in [0.1, 0.15) is 71.8 Å². The molecule has 10 heteroatoms. The lowest BCUT2D eigenvalue weighted by atomic mass is 9.48. The Bertz CT molecular complexity index is 1320. The zero-order valence-corrected chi connectivity index (χ0v) is 24.1. The average molecular weight is 571 g/mol. The molecule has 5 fully saturated rings. The number of carbonyl (C=O) groups is 4. The number of hydrogen-bond donors (Lipinski definition) is 1. The minimum atomic E-state index is -2.08. The molecule has 2 saturated carbocycles. The predicted octanol–water partition coefficient (Wildman–Crippen LogP) is 3.26. The molecule has 3 saturated heterocycles. The van der Waals surface area contributed by atoms with Gasteiger partial charge in [-0.25, -0.2) is 0 Å². The SMILES string of the molecule is C=C1C2C(OC3CC(=O)OC4(C)COC(=O)CC4C32C)C(OC(=O)CC(C)C)C2(C)C(c3ccoc3)CC(=O)C12O. The molecule has 1 aromatic rings. The Balaban J connectivity index is 1.54. The molecule has 0 aromatic carbocycles. The van der Waals surface area contributed by atoms with Crippen LogP contribution in [0.15, 0.2) is 35.2 Å². The number of rotatable bonds is 4. The van der Waals surface area contributed by atoms with E-state index in [1.54, 1.807) is 19.9 Å². The molecule has 10 unspecified atom stereocenters. The Morgan fingerprint density at radius 2 is 1.88 bits per heavy atom. The molecule has 5 aliphatic rings. The average Bonchev–Trinajstić information content (AvgIpc) is 3.55. The minimum absolute atomic E-state index is 0.00950. The smallest absolute Gasteiger partial charge is 0.309 e. The molecule has 0 amide bonds. The van der Waals surface area contributed by atoms with E-state index in [9.17, 15) is 24.3 Å². The zero-order chi connectivity index (χ0) is 29.7. The van der Waals surface area contributed by atoms with Gasteiger partial charge in [-0.1, -0.05) is 34.3 Å². The molecule has 2 aliphatic carbocycles. The molecule has 0 spiro atoms. The van der Waals surface area contributed by atoms with Crippen molar-refractivity contribution in [1.82, 2.24) is 0 Å². The second-order valence-corrected chi connectivity index (χ2v) is 13.6. The molecule has 4 heterocycles. The zero-order valence-electron chi connectivity index (χ0n) is 24.1. The van der Waals surface area contributed by atoms with Gasteiger partial charge in [0, 0.05) is 36.0 Å². The molecule has 41 heavy (non-hydrogen) atoms. The third-order valence-corrected chi connectivity index (χ3v) is 10.9. The highest BCUT2D eigenvalue weighted by Crippen LogP contribution is 2.70. The van der Waals surface area contributed by atoms with E-state index in [4.69, 9.17) is 23.4 Å². The highest BCUT2D eigenvalue weighted by Gasteiger charge is 2.79. The summed E-state index contributed by atoms with van der Waals surface area (Å²) < 4.78 is 29.5. The fourth-order valence-corrected chi connectivity index (χ4v) is 8.94. The van der Waals surface area contributed by atoms with E-state index in [2.05, 4.69) is 6.58 Å². The van der Waals surface area contributed by atoms with E-state index in [1.807, 2.05) is 20.8 Å². The van der Waals surface area contributed by atoms with Crippen LogP contribution in [0.4, 0.5) is 0 Å². The monoisotopic (exact) mass is 570 g/mol. The van der Waals surface area contributed by atoms with Crippen molar-refractivity contribution >= 4 is 23.7 Å². The molecule has 0 bridgehead atoms. The number of hydrogen-bond acceptors (Lipinski definition) is 10. The second-order valence-electron chi connectivity index (χ2n) is 13.6. The Hall–Kier alpha value is -2.98. The third kappa shape index (κ3) is 3.62. The maximum atomic E-state index is 14.0. The van der Waals surface area contributed by atoms with Crippen LogP contribution in [0.3, 0.4) is 0 Å². The van der Waals surface area contributed by atoms with Gasteiger partial charge in [0.1, 0.15) is 24.4 Å². The predicted molar refractivity (Wildman–Crippen MR) is 141 cm³/mol. The fourth-order valence-electron chi connectivity index (χ4n) is 8.94. The van der Waals surface area contributed by atoms with Crippen molar-refractivity contribution in [2.75, 3.05) is 6.61 Å². The number of aliphatic hydroxyl groups is 1. The van der Waals surface area contributed by atoms with E-state index in [1.165, 1.54) is 12.5 Å². The van der Waals surface area contributed by atoms with Crippen molar-refractivity contribution in [3.05, 3.63) is 36.3 Å². The summed E-state index contributed by atoms with van der Waals surface area (Å²) in [6.07, 6.45) is 0.334. The van der Waals surface area contributed by atoms with Crippen molar-refractivity contribution < 1.29 is 47.6 Å². The summed E-state index contributed by atoms with van der Waals surface area (Å²) in [5.74, 6) is -3.70. The molecule has 1 N–H and O–H groups in total. The maximum absolute atomic E-state index is 14.0. The highest BCUT2D eigenvalue weighted by atomic mass is 16.6. The highest BCUT2D eigenvalue weighted by molar-refractivity contribution is 5.96. The molecular formula is C31H38O10. The number of furan rings is 1. The van der Waals surface area contributed by atoms with Crippen molar-refractivity contribution in [2.24, 2.45) is 28.6 Å². The van der Waals surface area contributed by atoms with Crippen LogP contribution in [0.25, 0.3) is 0 Å².